The topological polar surface area (TPSA) is 88.7 Å². The lowest BCUT2D eigenvalue weighted by Gasteiger charge is -2.11. The van der Waals surface area contributed by atoms with Crippen LogP contribution in [0.3, 0.4) is 0 Å². The standard InChI is InChI=1S/C25H24F3N3O5Si/c1-34-21-6-4-5-16(23(21)28)17-13-30(14-35-9-10-37(2)3)25-22(17)20(7-8-29-25)36-24-18(26)11-15(31(32)33)12-19(24)27/h4-8,11-13,37H,9-10,14H2,1-3H3. The van der Waals surface area contributed by atoms with Crippen LogP contribution in [0.4, 0.5) is 18.9 Å². The fraction of sp³-hybridized carbons (Fsp3) is 0.240. The minimum atomic E-state index is -1.26. The number of methoxy groups -OCH3 is 1. The van der Waals surface area contributed by atoms with Gasteiger partial charge >= 0.3 is 0 Å². The van der Waals surface area contributed by atoms with E-state index >= 15 is 4.39 Å². The van der Waals surface area contributed by atoms with Gasteiger partial charge in [-0.3, -0.25) is 10.1 Å². The first-order chi connectivity index (χ1) is 17.7. The molecule has 194 valence electrons. The quantitative estimate of drug-likeness (QED) is 0.103. The molecule has 0 aliphatic heterocycles. The van der Waals surface area contributed by atoms with Crippen LogP contribution < -0.4 is 9.47 Å². The van der Waals surface area contributed by atoms with Crippen LogP contribution in [0.2, 0.25) is 19.1 Å². The normalized spacial score (nSPS) is 11.3. The molecule has 0 bridgehead atoms. The lowest BCUT2D eigenvalue weighted by Crippen LogP contribution is -2.08. The van der Waals surface area contributed by atoms with Crippen molar-refractivity contribution in [2.24, 2.45) is 0 Å². The molecule has 0 saturated heterocycles. The molecule has 0 N–H and O–H groups in total. The highest BCUT2D eigenvalue weighted by Gasteiger charge is 2.24. The third kappa shape index (κ3) is 5.44. The predicted molar refractivity (Wildman–Crippen MR) is 134 cm³/mol. The van der Waals surface area contributed by atoms with E-state index in [9.17, 15) is 18.9 Å². The van der Waals surface area contributed by atoms with Gasteiger partial charge in [-0.15, -0.1) is 0 Å². The summed E-state index contributed by atoms with van der Waals surface area (Å²) in [6, 6.07) is 8.08. The first-order valence-electron chi connectivity index (χ1n) is 11.4. The minimum Gasteiger partial charge on any atom is -0.494 e. The second-order valence-corrected chi connectivity index (χ2v) is 12.0. The average Bonchev–Trinajstić information content (AvgIpc) is 3.23. The van der Waals surface area contributed by atoms with E-state index in [4.69, 9.17) is 14.2 Å². The molecule has 0 spiro atoms. The van der Waals surface area contributed by atoms with Crippen molar-refractivity contribution in [2.75, 3.05) is 13.7 Å². The largest absolute Gasteiger partial charge is 0.494 e. The molecule has 0 radical (unpaired) electrons. The van der Waals surface area contributed by atoms with Crippen LogP contribution in [-0.2, 0) is 11.5 Å². The lowest BCUT2D eigenvalue weighted by molar-refractivity contribution is -0.385. The zero-order valence-electron chi connectivity index (χ0n) is 20.3. The Morgan fingerprint density at radius 2 is 1.81 bits per heavy atom. The zero-order chi connectivity index (χ0) is 26.7. The number of nitro benzene ring substituents is 1. The third-order valence-electron chi connectivity index (χ3n) is 5.67. The van der Waals surface area contributed by atoms with Crippen molar-refractivity contribution in [3.05, 3.63) is 76.4 Å². The van der Waals surface area contributed by atoms with E-state index in [1.165, 1.54) is 31.5 Å². The van der Waals surface area contributed by atoms with Crippen LogP contribution in [0.15, 0.2) is 48.8 Å². The van der Waals surface area contributed by atoms with Crippen LogP contribution in [0, 0.1) is 27.6 Å². The first kappa shape index (κ1) is 26.2. The van der Waals surface area contributed by atoms with Gasteiger partial charge in [0.05, 0.1) is 29.6 Å². The van der Waals surface area contributed by atoms with E-state index in [0.29, 0.717) is 30.0 Å². The van der Waals surface area contributed by atoms with Crippen LogP contribution >= 0.6 is 0 Å². The highest BCUT2D eigenvalue weighted by Crippen LogP contribution is 2.41. The maximum atomic E-state index is 15.3. The molecule has 0 saturated carbocycles. The number of nitro groups is 1. The summed E-state index contributed by atoms with van der Waals surface area (Å²) in [6.45, 7) is 5.07. The number of pyridine rings is 1. The Morgan fingerprint density at radius 1 is 1.08 bits per heavy atom. The van der Waals surface area contributed by atoms with Crippen molar-refractivity contribution in [3.8, 4) is 28.4 Å². The van der Waals surface area contributed by atoms with Crippen LogP contribution in [0.5, 0.6) is 17.2 Å². The summed E-state index contributed by atoms with van der Waals surface area (Å²) in [5.74, 6) is -4.00. The molecule has 0 aliphatic carbocycles. The summed E-state index contributed by atoms with van der Waals surface area (Å²) in [6.07, 6.45) is 3.00. The van der Waals surface area contributed by atoms with Crippen molar-refractivity contribution in [1.82, 2.24) is 9.55 Å². The maximum absolute atomic E-state index is 15.3. The minimum absolute atomic E-state index is 0.00959. The van der Waals surface area contributed by atoms with Gasteiger partial charge in [-0.25, -0.2) is 18.2 Å². The summed E-state index contributed by atoms with van der Waals surface area (Å²) >= 11 is 0. The fourth-order valence-corrected chi connectivity index (χ4v) is 4.43. The molecule has 8 nitrogen and oxygen atoms in total. The molecule has 4 aromatic rings. The number of halogens is 3. The van der Waals surface area contributed by atoms with Gasteiger partial charge in [0.1, 0.15) is 18.1 Å². The molecular formula is C25H24F3N3O5Si. The van der Waals surface area contributed by atoms with Gasteiger partial charge in [0, 0.05) is 38.9 Å². The molecule has 2 aromatic heterocycles. The third-order valence-corrected chi connectivity index (χ3v) is 7.06. The molecule has 0 amide bonds. The second kappa shape index (κ2) is 11.0. The Labute approximate surface area is 212 Å². The van der Waals surface area contributed by atoms with Crippen molar-refractivity contribution in [2.45, 2.75) is 25.9 Å². The number of nitrogens with zero attached hydrogens (tertiary/aromatic N) is 3. The summed E-state index contributed by atoms with van der Waals surface area (Å²) in [4.78, 5) is 14.4. The number of benzene rings is 2. The summed E-state index contributed by atoms with van der Waals surface area (Å²) in [5, 5.41) is 11.2. The van der Waals surface area contributed by atoms with E-state index in [0.717, 1.165) is 6.04 Å². The molecule has 0 unspecified atom stereocenters. The van der Waals surface area contributed by atoms with Gasteiger partial charge in [0.2, 0.25) is 0 Å². The molecule has 2 aromatic carbocycles. The predicted octanol–water partition coefficient (Wildman–Crippen LogP) is 6.29. The van der Waals surface area contributed by atoms with Gasteiger partial charge in [-0.05, 0) is 18.2 Å². The SMILES string of the molecule is COc1cccc(-c2cn(COCC[SiH](C)C)c3nccc(Oc4c(F)cc([N+](=O)[O-])cc4F)c23)c1F. The number of non-ortho nitro benzene ring substituents is 1. The Hall–Kier alpha value is -3.90. The number of fused-ring (bicyclic) bond motifs is 1. The van der Waals surface area contributed by atoms with Crippen LogP contribution in [0.1, 0.15) is 0 Å². The second-order valence-electron chi connectivity index (χ2n) is 8.66. The average molecular weight is 532 g/mol. The first-order valence-corrected chi connectivity index (χ1v) is 14.5. The fourth-order valence-electron chi connectivity index (χ4n) is 3.79. The maximum Gasteiger partial charge on any atom is 0.275 e. The molecule has 0 fully saturated rings. The van der Waals surface area contributed by atoms with E-state index in [2.05, 4.69) is 18.1 Å². The van der Waals surface area contributed by atoms with Gasteiger partial charge in [0.25, 0.3) is 5.69 Å². The molecule has 12 heteroatoms. The van der Waals surface area contributed by atoms with Gasteiger partial charge < -0.3 is 18.8 Å². The molecule has 0 atom stereocenters. The lowest BCUT2D eigenvalue weighted by atomic mass is 10.0. The highest BCUT2D eigenvalue weighted by atomic mass is 28.3. The van der Waals surface area contributed by atoms with Crippen molar-refractivity contribution in [1.29, 1.82) is 0 Å². The van der Waals surface area contributed by atoms with Crippen molar-refractivity contribution >= 4 is 25.5 Å². The summed E-state index contributed by atoms with van der Waals surface area (Å²) < 4.78 is 62.7. The number of ether oxygens (including phenoxy) is 3. The van der Waals surface area contributed by atoms with E-state index in [-0.39, 0.29) is 29.2 Å². The monoisotopic (exact) mass is 531 g/mol. The summed E-state index contributed by atoms with van der Waals surface area (Å²) in [5.41, 5.74) is 0.0626. The Balaban J connectivity index is 1.85. The van der Waals surface area contributed by atoms with E-state index in [1.54, 1.807) is 16.8 Å². The summed E-state index contributed by atoms with van der Waals surface area (Å²) in [7, 11) is 0.521. The number of rotatable bonds is 10. The Bertz CT molecular complexity index is 1440. The van der Waals surface area contributed by atoms with Crippen molar-refractivity contribution < 1.29 is 32.3 Å². The van der Waals surface area contributed by atoms with Crippen molar-refractivity contribution in [3.63, 3.8) is 0 Å². The molecule has 37 heavy (non-hydrogen) atoms. The molecular weight excluding hydrogens is 507 g/mol. The zero-order valence-corrected chi connectivity index (χ0v) is 21.5. The number of aromatic nitrogens is 2. The number of hydrogen-bond acceptors (Lipinski definition) is 6. The van der Waals surface area contributed by atoms with Crippen LogP contribution in [-0.4, -0.2) is 37.0 Å². The highest BCUT2D eigenvalue weighted by molar-refractivity contribution is 6.55. The van der Waals surface area contributed by atoms with E-state index in [1.807, 2.05) is 0 Å². The van der Waals surface area contributed by atoms with Crippen LogP contribution in [0.25, 0.3) is 22.2 Å². The smallest absolute Gasteiger partial charge is 0.275 e. The van der Waals surface area contributed by atoms with Gasteiger partial charge in [-0.2, -0.15) is 0 Å². The van der Waals surface area contributed by atoms with Gasteiger partial charge in [-0.1, -0.05) is 25.2 Å². The van der Waals surface area contributed by atoms with E-state index < -0.39 is 42.6 Å². The molecule has 2 heterocycles. The molecule has 0 aliphatic rings. The molecule has 4 rings (SSSR count). The number of hydrogen-bond donors (Lipinski definition) is 0. The Morgan fingerprint density at radius 3 is 2.46 bits per heavy atom. The Kier molecular flexibility index (Phi) is 7.79. The van der Waals surface area contributed by atoms with Gasteiger partial charge in [0.15, 0.2) is 29.0 Å².